The molecule has 19 heavy (non-hydrogen) atoms. The van der Waals surface area contributed by atoms with Gasteiger partial charge >= 0.3 is 5.97 Å². The second-order valence-corrected chi connectivity index (χ2v) is 6.82. The molecule has 0 aromatic carbocycles. The number of hydrogen-bond acceptors (Lipinski definition) is 4. The molecule has 1 aliphatic heterocycles. The van der Waals surface area contributed by atoms with Crippen molar-refractivity contribution in [3.8, 4) is 0 Å². The monoisotopic (exact) mass is 293 g/mol. The highest BCUT2D eigenvalue weighted by molar-refractivity contribution is 7.87. The van der Waals surface area contributed by atoms with Crippen LogP contribution in [0.1, 0.15) is 19.3 Å². The Morgan fingerprint density at radius 3 is 2.42 bits per heavy atom. The van der Waals surface area contributed by atoms with Gasteiger partial charge in [0, 0.05) is 19.6 Å². The van der Waals surface area contributed by atoms with E-state index in [2.05, 4.69) is 4.72 Å². The quantitative estimate of drug-likeness (QED) is 0.622. The molecule has 1 saturated heterocycles. The van der Waals surface area contributed by atoms with Crippen LogP contribution >= 0.6 is 0 Å². The average molecular weight is 293 g/mol. The molecule has 112 valence electrons. The van der Waals surface area contributed by atoms with E-state index < -0.39 is 22.1 Å². The summed E-state index contributed by atoms with van der Waals surface area (Å²) in [6, 6.07) is 0. The maximum Gasteiger partial charge on any atom is 0.306 e. The number of carboxylic acids is 1. The van der Waals surface area contributed by atoms with Crippen molar-refractivity contribution in [1.82, 2.24) is 13.9 Å². The van der Waals surface area contributed by atoms with E-state index in [9.17, 15) is 13.2 Å². The van der Waals surface area contributed by atoms with E-state index in [0.717, 1.165) is 13.0 Å². The highest BCUT2D eigenvalue weighted by atomic mass is 32.2. The van der Waals surface area contributed by atoms with Gasteiger partial charge in [-0.15, -0.1) is 0 Å². The van der Waals surface area contributed by atoms with Crippen molar-refractivity contribution in [2.24, 2.45) is 5.92 Å². The molecule has 1 heterocycles. The third-order valence-electron chi connectivity index (χ3n) is 3.21. The molecule has 1 aliphatic rings. The first-order valence-electron chi connectivity index (χ1n) is 6.45. The molecule has 7 nitrogen and oxygen atoms in total. The van der Waals surface area contributed by atoms with E-state index in [1.54, 1.807) is 0 Å². The van der Waals surface area contributed by atoms with Crippen molar-refractivity contribution in [2.45, 2.75) is 19.3 Å². The average Bonchev–Trinajstić information content (AvgIpc) is 2.34. The first-order valence-corrected chi connectivity index (χ1v) is 7.89. The molecule has 0 unspecified atom stereocenters. The van der Waals surface area contributed by atoms with Gasteiger partial charge in [0.05, 0.1) is 5.92 Å². The number of nitrogens with one attached hydrogen (secondary N) is 1. The zero-order chi connectivity index (χ0) is 14.5. The van der Waals surface area contributed by atoms with Crippen molar-refractivity contribution in [3.63, 3.8) is 0 Å². The van der Waals surface area contributed by atoms with E-state index in [1.807, 2.05) is 19.0 Å². The SMILES string of the molecule is CN(C)CCCNS(=O)(=O)N1CCC(C(=O)O)CC1. The molecule has 0 bridgehead atoms. The maximum absolute atomic E-state index is 12.0. The van der Waals surface area contributed by atoms with E-state index in [1.165, 1.54) is 4.31 Å². The minimum atomic E-state index is -3.46. The predicted molar refractivity (Wildman–Crippen MR) is 72.0 cm³/mol. The van der Waals surface area contributed by atoms with Gasteiger partial charge in [0.15, 0.2) is 0 Å². The molecule has 0 aromatic heterocycles. The van der Waals surface area contributed by atoms with Crippen molar-refractivity contribution in [1.29, 1.82) is 0 Å². The van der Waals surface area contributed by atoms with Crippen LogP contribution in [0.3, 0.4) is 0 Å². The molecule has 0 amide bonds. The van der Waals surface area contributed by atoms with Crippen LogP contribution < -0.4 is 4.72 Å². The fourth-order valence-electron chi connectivity index (χ4n) is 2.03. The van der Waals surface area contributed by atoms with Crippen LogP contribution in [0.2, 0.25) is 0 Å². The second-order valence-electron chi connectivity index (χ2n) is 5.07. The number of aliphatic carboxylic acids is 1. The lowest BCUT2D eigenvalue weighted by atomic mass is 9.99. The highest BCUT2D eigenvalue weighted by Crippen LogP contribution is 2.18. The van der Waals surface area contributed by atoms with E-state index >= 15 is 0 Å². The Morgan fingerprint density at radius 1 is 1.37 bits per heavy atom. The van der Waals surface area contributed by atoms with Crippen molar-refractivity contribution in [2.75, 3.05) is 40.3 Å². The first kappa shape index (κ1) is 16.4. The summed E-state index contributed by atoms with van der Waals surface area (Å²) in [5.74, 6) is -1.25. The molecule has 1 rings (SSSR count). The summed E-state index contributed by atoms with van der Waals surface area (Å²) >= 11 is 0. The number of hydrogen-bond donors (Lipinski definition) is 2. The largest absolute Gasteiger partial charge is 0.481 e. The molecule has 0 spiro atoms. The summed E-state index contributed by atoms with van der Waals surface area (Å²) in [5, 5.41) is 8.86. The Morgan fingerprint density at radius 2 is 1.95 bits per heavy atom. The number of carbonyl (C=O) groups is 1. The summed E-state index contributed by atoms with van der Waals surface area (Å²) in [7, 11) is 0.413. The summed E-state index contributed by atoms with van der Waals surface area (Å²) in [4.78, 5) is 12.8. The fraction of sp³-hybridized carbons (Fsp3) is 0.909. The van der Waals surface area contributed by atoms with Crippen LogP contribution in [0.25, 0.3) is 0 Å². The van der Waals surface area contributed by atoms with Crippen LogP contribution in [-0.2, 0) is 15.0 Å². The van der Waals surface area contributed by atoms with Gasteiger partial charge in [0.1, 0.15) is 0 Å². The van der Waals surface area contributed by atoms with Gasteiger partial charge < -0.3 is 10.0 Å². The fourth-order valence-corrected chi connectivity index (χ4v) is 3.31. The molecule has 0 saturated carbocycles. The van der Waals surface area contributed by atoms with Crippen LogP contribution in [0, 0.1) is 5.92 Å². The third kappa shape index (κ3) is 5.43. The molecule has 0 radical (unpaired) electrons. The Kier molecular flexibility index (Phi) is 6.18. The number of rotatable bonds is 7. The van der Waals surface area contributed by atoms with E-state index in [0.29, 0.717) is 19.4 Å². The van der Waals surface area contributed by atoms with Gasteiger partial charge in [0.25, 0.3) is 10.2 Å². The predicted octanol–water partition coefficient (Wildman–Crippen LogP) is -0.431. The molecule has 0 atom stereocenters. The zero-order valence-corrected chi connectivity index (χ0v) is 12.3. The molecule has 2 N–H and O–H groups in total. The van der Waals surface area contributed by atoms with Crippen molar-refractivity contribution < 1.29 is 18.3 Å². The number of piperidine rings is 1. The standard InChI is InChI=1S/C11H23N3O4S/c1-13(2)7-3-6-12-19(17,18)14-8-4-10(5-9-14)11(15)16/h10,12H,3-9H2,1-2H3,(H,15,16). The Balaban J connectivity index is 2.36. The lowest BCUT2D eigenvalue weighted by molar-refractivity contribution is -0.142. The minimum Gasteiger partial charge on any atom is -0.481 e. The van der Waals surface area contributed by atoms with Gasteiger partial charge in [-0.2, -0.15) is 12.7 Å². The molecule has 1 fully saturated rings. The van der Waals surface area contributed by atoms with Gasteiger partial charge in [-0.25, -0.2) is 4.72 Å². The lowest BCUT2D eigenvalue weighted by Gasteiger charge is -2.29. The number of carboxylic acid groups (broad SMARTS) is 1. The summed E-state index contributed by atoms with van der Waals surface area (Å²) < 4.78 is 27.8. The van der Waals surface area contributed by atoms with Gasteiger partial charge in [-0.3, -0.25) is 4.79 Å². The van der Waals surface area contributed by atoms with Crippen LogP contribution in [0.5, 0.6) is 0 Å². The van der Waals surface area contributed by atoms with Crippen molar-refractivity contribution in [3.05, 3.63) is 0 Å². The molecule has 8 heteroatoms. The second kappa shape index (κ2) is 7.18. The summed E-state index contributed by atoms with van der Waals surface area (Å²) in [6.45, 7) is 1.78. The number of nitrogens with zero attached hydrogens (tertiary/aromatic N) is 2. The summed E-state index contributed by atoms with van der Waals surface area (Å²) in [5.41, 5.74) is 0. The highest BCUT2D eigenvalue weighted by Gasteiger charge is 2.30. The zero-order valence-electron chi connectivity index (χ0n) is 11.5. The van der Waals surface area contributed by atoms with Gasteiger partial charge in [-0.05, 0) is 39.9 Å². The maximum atomic E-state index is 12.0. The van der Waals surface area contributed by atoms with E-state index in [-0.39, 0.29) is 13.1 Å². The van der Waals surface area contributed by atoms with Crippen LogP contribution in [0.4, 0.5) is 0 Å². The topological polar surface area (TPSA) is 90.0 Å². The lowest BCUT2D eigenvalue weighted by Crippen LogP contribution is -2.46. The van der Waals surface area contributed by atoms with Crippen LogP contribution in [0.15, 0.2) is 0 Å². The van der Waals surface area contributed by atoms with E-state index in [4.69, 9.17) is 5.11 Å². The smallest absolute Gasteiger partial charge is 0.306 e. The Labute approximate surface area is 114 Å². The molecule has 0 aromatic rings. The summed E-state index contributed by atoms with van der Waals surface area (Å²) in [6.07, 6.45) is 1.51. The Hall–Kier alpha value is -0.700. The third-order valence-corrected chi connectivity index (χ3v) is 4.82. The van der Waals surface area contributed by atoms with Crippen LogP contribution in [-0.4, -0.2) is 69.0 Å². The minimum absolute atomic E-state index is 0.278. The molecular formula is C11H23N3O4S. The molecular weight excluding hydrogens is 270 g/mol. The Bertz CT molecular complexity index is 389. The van der Waals surface area contributed by atoms with Crippen molar-refractivity contribution >= 4 is 16.2 Å². The normalized spacial score (nSPS) is 18.9. The van der Waals surface area contributed by atoms with Gasteiger partial charge in [-0.1, -0.05) is 0 Å². The van der Waals surface area contributed by atoms with Gasteiger partial charge in [0.2, 0.25) is 0 Å². The molecule has 0 aliphatic carbocycles. The first-order chi connectivity index (χ1) is 8.83.